The van der Waals surface area contributed by atoms with E-state index in [0.29, 0.717) is 0 Å². The van der Waals surface area contributed by atoms with Crippen molar-refractivity contribution in [2.75, 3.05) is 7.11 Å². The molecule has 130 valence electrons. The fourth-order valence-corrected chi connectivity index (χ4v) is 3.96. The van der Waals surface area contributed by atoms with E-state index in [9.17, 15) is 4.79 Å². The first-order chi connectivity index (χ1) is 11.9. The Morgan fingerprint density at radius 2 is 1.88 bits per heavy atom. The lowest BCUT2D eigenvalue weighted by atomic mass is 10.1. The van der Waals surface area contributed by atoms with Crippen molar-refractivity contribution in [1.29, 1.82) is 0 Å². The molecular formula is C20H22N2O2S. The van der Waals surface area contributed by atoms with Gasteiger partial charge in [-0.1, -0.05) is 29.0 Å². The first-order valence-electron chi connectivity index (χ1n) is 8.17. The van der Waals surface area contributed by atoms with Gasteiger partial charge < -0.3 is 9.30 Å². The fraction of sp³-hybridized carbons (Fsp3) is 0.300. The van der Waals surface area contributed by atoms with Crippen molar-refractivity contribution >= 4 is 27.5 Å². The van der Waals surface area contributed by atoms with Crippen molar-refractivity contribution in [2.24, 2.45) is 12.0 Å². The number of amides is 1. The molecule has 0 fully saturated rings. The van der Waals surface area contributed by atoms with E-state index in [1.807, 2.05) is 36.7 Å². The molecule has 1 aromatic heterocycles. The predicted molar refractivity (Wildman–Crippen MR) is 102 cm³/mol. The maximum Gasteiger partial charge on any atom is 0.252 e. The van der Waals surface area contributed by atoms with Crippen LogP contribution in [0.4, 0.5) is 0 Å². The fourth-order valence-electron chi connectivity index (χ4n) is 2.84. The normalized spacial score (nSPS) is 12.0. The molecule has 0 bridgehead atoms. The molecule has 0 aliphatic rings. The Morgan fingerprint density at radius 3 is 2.60 bits per heavy atom. The summed E-state index contributed by atoms with van der Waals surface area (Å²) in [6.07, 6.45) is 0.233. The third kappa shape index (κ3) is 3.51. The number of aromatic nitrogens is 1. The molecule has 1 amide bonds. The molecule has 0 N–H and O–H groups in total. The first-order valence-corrected chi connectivity index (χ1v) is 8.98. The molecular weight excluding hydrogens is 332 g/mol. The number of methoxy groups -OCH3 is 1. The molecule has 4 nitrogen and oxygen atoms in total. The summed E-state index contributed by atoms with van der Waals surface area (Å²) in [4.78, 5) is 17.6. The van der Waals surface area contributed by atoms with E-state index >= 15 is 0 Å². The molecule has 3 rings (SSSR count). The monoisotopic (exact) mass is 354 g/mol. The number of hydrogen-bond acceptors (Lipinski definition) is 3. The van der Waals surface area contributed by atoms with Gasteiger partial charge in [0, 0.05) is 12.6 Å². The van der Waals surface area contributed by atoms with Crippen LogP contribution in [0, 0.1) is 20.8 Å². The summed E-state index contributed by atoms with van der Waals surface area (Å²) in [5.41, 5.74) is 5.56. The number of ether oxygens (including phenoxy) is 1. The Bertz CT molecular complexity index is 1030. The van der Waals surface area contributed by atoms with E-state index in [0.717, 1.165) is 31.9 Å². The summed E-state index contributed by atoms with van der Waals surface area (Å²) in [5.74, 6) is 0.556. The van der Waals surface area contributed by atoms with Crippen LogP contribution in [0.3, 0.4) is 0 Å². The van der Waals surface area contributed by atoms with Crippen LogP contribution in [0.5, 0.6) is 5.75 Å². The zero-order valence-electron chi connectivity index (χ0n) is 15.2. The number of aryl methyl sites for hydroxylation is 4. The van der Waals surface area contributed by atoms with Gasteiger partial charge in [-0.2, -0.15) is 4.99 Å². The Balaban J connectivity index is 1.98. The summed E-state index contributed by atoms with van der Waals surface area (Å²) >= 11 is 1.54. The highest BCUT2D eigenvalue weighted by molar-refractivity contribution is 7.16. The van der Waals surface area contributed by atoms with Crippen molar-refractivity contribution in [3.8, 4) is 5.75 Å². The minimum atomic E-state index is -0.167. The first kappa shape index (κ1) is 17.4. The van der Waals surface area contributed by atoms with Crippen LogP contribution >= 0.6 is 11.3 Å². The molecule has 0 atom stereocenters. The molecule has 0 saturated heterocycles. The quantitative estimate of drug-likeness (QED) is 0.717. The second-order valence-corrected chi connectivity index (χ2v) is 7.35. The van der Waals surface area contributed by atoms with Crippen molar-refractivity contribution < 1.29 is 9.53 Å². The minimum Gasteiger partial charge on any atom is -0.496 e. The van der Waals surface area contributed by atoms with Crippen molar-refractivity contribution in [3.05, 3.63) is 57.4 Å². The van der Waals surface area contributed by atoms with Gasteiger partial charge in [0.1, 0.15) is 5.75 Å². The maximum absolute atomic E-state index is 12.5. The summed E-state index contributed by atoms with van der Waals surface area (Å²) in [7, 11) is 3.57. The number of fused-ring (bicyclic) bond motifs is 1. The van der Waals surface area contributed by atoms with Crippen molar-refractivity contribution in [3.63, 3.8) is 0 Å². The Labute approximate surface area is 151 Å². The average Bonchev–Trinajstić information content (AvgIpc) is 2.84. The van der Waals surface area contributed by atoms with Crippen LogP contribution in [0.1, 0.15) is 22.3 Å². The van der Waals surface area contributed by atoms with Gasteiger partial charge >= 0.3 is 0 Å². The van der Waals surface area contributed by atoms with Crippen LogP contribution in [-0.4, -0.2) is 17.6 Å². The number of benzene rings is 2. The molecule has 25 heavy (non-hydrogen) atoms. The van der Waals surface area contributed by atoms with Gasteiger partial charge in [-0.15, -0.1) is 0 Å². The summed E-state index contributed by atoms with van der Waals surface area (Å²) in [5, 5.41) is 0. The zero-order chi connectivity index (χ0) is 18.1. The smallest absolute Gasteiger partial charge is 0.252 e. The number of rotatable bonds is 3. The maximum atomic E-state index is 12.5. The average molecular weight is 354 g/mol. The molecule has 2 aromatic carbocycles. The van der Waals surface area contributed by atoms with E-state index in [-0.39, 0.29) is 12.3 Å². The highest BCUT2D eigenvalue weighted by Crippen LogP contribution is 2.22. The number of thiazole rings is 1. The molecule has 0 unspecified atom stereocenters. The second kappa shape index (κ2) is 6.84. The Morgan fingerprint density at radius 1 is 1.16 bits per heavy atom. The highest BCUT2D eigenvalue weighted by atomic mass is 32.1. The van der Waals surface area contributed by atoms with Gasteiger partial charge in [-0.05, 0) is 50.1 Å². The number of carbonyl (C=O) groups excluding carboxylic acids is 1. The molecule has 5 heteroatoms. The topological polar surface area (TPSA) is 43.6 Å². The zero-order valence-corrected chi connectivity index (χ0v) is 16.0. The van der Waals surface area contributed by atoms with E-state index in [1.165, 1.54) is 11.1 Å². The van der Waals surface area contributed by atoms with Crippen molar-refractivity contribution in [2.45, 2.75) is 27.2 Å². The van der Waals surface area contributed by atoms with Crippen LogP contribution in [0.2, 0.25) is 0 Å². The van der Waals surface area contributed by atoms with Crippen LogP contribution < -0.4 is 9.54 Å². The number of carbonyl (C=O) groups is 1. The number of hydrogen-bond donors (Lipinski definition) is 0. The lowest BCUT2D eigenvalue weighted by Gasteiger charge is -2.07. The molecule has 0 radical (unpaired) electrons. The molecule has 0 aliphatic carbocycles. The Hall–Kier alpha value is -2.40. The van der Waals surface area contributed by atoms with Crippen molar-refractivity contribution in [1.82, 2.24) is 4.57 Å². The number of nitrogens with zero attached hydrogens (tertiary/aromatic N) is 2. The van der Waals surface area contributed by atoms with Crippen LogP contribution in [0.25, 0.3) is 10.2 Å². The standard InChI is InChI=1S/C20H22N2O2S/c1-12-6-7-17(24-5)15(8-12)11-19(23)21-20-22(4)16-9-13(2)14(3)10-18(16)25-20/h6-10H,11H2,1-5H3. The molecule has 0 saturated carbocycles. The molecule has 0 aliphatic heterocycles. The minimum absolute atomic E-state index is 0.167. The van der Waals surface area contributed by atoms with E-state index in [1.54, 1.807) is 18.4 Å². The SMILES string of the molecule is COc1ccc(C)cc1CC(=O)N=c1sc2cc(C)c(C)cc2n1C. The van der Waals surface area contributed by atoms with Gasteiger partial charge in [0.25, 0.3) is 5.91 Å². The molecule has 0 spiro atoms. The molecule has 3 aromatic rings. The lowest BCUT2D eigenvalue weighted by Crippen LogP contribution is -2.14. The van der Waals surface area contributed by atoms with Gasteiger partial charge in [-0.25, -0.2) is 0 Å². The second-order valence-electron chi connectivity index (χ2n) is 6.35. The van der Waals surface area contributed by atoms with Gasteiger partial charge in [0.15, 0.2) is 4.80 Å². The largest absolute Gasteiger partial charge is 0.496 e. The summed E-state index contributed by atoms with van der Waals surface area (Å²) in [6.45, 7) is 6.19. The Kier molecular flexibility index (Phi) is 4.77. The van der Waals surface area contributed by atoms with Gasteiger partial charge in [0.2, 0.25) is 0 Å². The summed E-state index contributed by atoms with van der Waals surface area (Å²) < 4.78 is 8.48. The van der Waals surface area contributed by atoms with Gasteiger partial charge in [-0.3, -0.25) is 4.79 Å². The molecule has 1 heterocycles. The third-order valence-electron chi connectivity index (χ3n) is 4.42. The van der Waals surface area contributed by atoms with E-state index in [2.05, 4.69) is 31.0 Å². The summed E-state index contributed by atoms with van der Waals surface area (Å²) in [6, 6.07) is 10.1. The van der Waals surface area contributed by atoms with Crippen LogP contribution in [-0.2, 0) is 18.3 Å². The highest BCUT2D eigenvalue weighted by Gasteiger charge is 2.10. The lowest BCUT2D eigenvalue weighted by molar-refractivity contribution is -0.117. The van der Waals surface area contributed by atoms with E-state index in [4.69, 9.17) is 4.74 Å². The predicted octanol–water partition coefficient (Wildman–Crippen LogP) is 3.84. The van der Waals surface area contributed by atoms with E-state index < -0.39 is 0 Å². The third-order valence-corrected chi connectivity index (χ3v) is 5.52. The van der Waals surface area contributed by atoms with Crippen LogP contribution in [0.15, 0.2) is 35.3 Å². The van der Waals surface area contributed by atoms with Gasteiger partial charge in [0.05, 0.1) is 23.7 Å².